The minimum absolute atomic E-state index is 0.0811. The smallest absolute Gasteiger partial charge is 0.0681 e. The Morgan fingerprint density at radius 1 is 1.29 bits per heavy atom. The van der Waals surface area contributed by atoms with Gasteiger partial charge in [0.2, 0.25) is 0 Å². The van der Waals surface area contributed by atoms with E-state index in [1.165, 1.54) is 0 Å². The standard InChI is InChI=1S/C13H22N2OS/c1-13(2,3)17-15-12(8-14)11-6-4-10(9-16)5-7-11/h4-7,12,15-16H,8-9,14H2,1-3H3/t12-/m1/s1. The number of aliphatic hydroxyl groups is 1. The molecule has 0 amide bonds. The van der Waals surface area contributed by atoms with E-state index in [2.05, 4.69) is 25.5 Å². The molecule has 0 aliphatic rings. The molecule has 1 atom stereocenters. The Hall–Kier alpha value is -0.550. The average molecular weight is 254 g/mol. The molecule has 0 aromatic heterocycles. The number of nitrogens with two attached hydrogens (primary N) is 1. The van der Waals surface area contributed by atoms with E-state index in [9.17, 15) is 0 Å². The van der Waals surface area contributed by atoms with Gasteiger partial charge in [0.25, 0.3) is 0 Å². The molecule has 0 unspecified atom stereocenters. The lowest BCUT2D eigenvalue weighted by Gasteiger charge is -2.23. The van der Waals surface area contributed by atoms with Crippen LogP contribution >= 0.6 is 11.9 Å². The van der Waals surface area contributed by atoms with Crippen molar-refractivity contribution in [2.75, 3.05) is 6.54 Å². The Morgan fingerprint density at radius 3 is 2.29 bits per heavy atom. The van der Waals surface area contributed by atoms with Gasteiger partial charge in [-0.2, -0.15) is 0 Å². The van der Waals surface area contributed by atoms with Gasteiger partial charge in [0, 0.05) is 11.3 Å². The molecule has 0 saturated heterocycles. The van der Waals surface area contributed by atoms with Crippen molar-refractivity contribution in [2.45, 2.75) is 38.2 Å². The van der Waals surface area contributed by atoms with Crippen LogP contribution in [0.3, 0.4) is 0 Å². The molecule has 96 valence electrons. The van der Waals surface area contributed by atoms with Gasteiger partial charge in [-0.15, -0.1) is 0 Å². The molecular weight excluding hydrogens is 232 g/mol. The number of aliphatic hydroxyl groups excluding tert-OH is 1. The lowest BCUT2D eigenvalue weighted by molar-refractivity contribution is 0.282. The minimum Gasteiger partial charge on any atom is -0.392 e. The summed E-state index contributed by atoms with van der Waals surface area (Å²) in [6.07, 6.45) is 0. The van der Waals surface area contributed by atoms with Gasteiger partial charge in [0.05, 0.1) is 12.6 Å². The van der Waals surface area contributed by atoms with Crippen LogP contribution in [0.15, 0.2) is 24.3 Å². The van der Waals surface area contributed by atoms with E-state index in [0.29, 0.717) is 6.54 Å². The molecule has 0 radical (unpaired) electrons. The van der Waals surface area contributed by atoms with E-state index in [4.69, 9.17) is 10.8 Å². The van der Waals surface area contributed by atoms with Crippen LogP contribution in [-0.4, -0.2) is 16.4 Å². The lowest BCUT2D eigenvalue weighted by Crippen LogP contribution is -2.27. The van der Waals surface area contributed by atoms with E-state index < -0.39 is 0 Å². The van der Waals surface area contributed by atoms with Gasteiger partial charge in [-0.05, 0) is 31.9 Å². The zero-order chi connectivity index (χ0) is 12.9. The van der Waals surface area contributed by atoms with Gasteiger partial charge in [-0.3, -0.25) is 4.72 Å². The maximum atomic E-state index is 8.99. The lowest BCUT2D eigenvalue weighted by atomic mass is 10.1. The third kappa shape index (κ3) is 5.08. The number of hydrogen-bond acceptors (Lipinski definition) is 4. The second kappa shape index (κ2) is 6.40. The molecule has 0 aliphatic heterocycles. The maximum Gasteiger partial charge on any atom is 0.0681 e. The summed E-state index contributed by atoms with van der Waals surface area (Å²) in [5.41, 5.74) is 7.86. The first-order valence-electron chi connectivity index (χ1n) is 5.79. The molecule has 0 fully saturated rings. The predicted molar refractivity (Wildman–Crippen MR) is 74.6 cm³/mol. The van der Waals surface area contributed by atoms with Crippen molar-refractivity contribution in [1.29, 1.82) is 0 Å². The second-order valence-corrected chi connectivity index (χ2v) is 6.68. The van der Waals surface area contributed by atoms with Crippen molar-refractivity contribution in [3.05, 3.63) is 35.4 Å². The van der Waals surface area contributed by atoms with E-state index in [1.807, 2.05) is 24.3 Å². The molecule has 4 heteroatoms. The van der Waals surface area contributed by atoms with E-state index in [-0.39, 0.29) is 17.4 Å². The summed E-state index contributed by atoms with van der Waals surface area (Å²) in [5, 5.41) is 8.99. The molecule has 0 saturated carbocycles. The SMILES string of the molecule is CC(C)(C)SN[C@H](CN)c1ccc(CO)cc1. The maximum absolute atomic E-state index is 8.99. The monoisotopic (exact) mass is 254 g/mol. The van der Waals surface area contributed by atoms with Crippen molar-refractivity contribution < 1.29 is 5.11 Å². The topological polar surface area (TPSA) is 58.3 Å². The van der Waals surface area contributed by atoms with Crippen molar-refractivity contribution >= 4 is 11.9 Å². The number of nitrogens with one attached hydrogen (secondary N) is 1. The van der Waals surface area contributed by atoms with Crippen LogP contribution in [-0.2, 0) is 6.61 Å². The molecule has 0 aliphatic carbocycles. The third-order valence-corrected chi connectivity index (χ3v) is 3.32. The molecule has 1 rings (SSSR count). The summed E-state index contributed by atoms with van der Waals surface area (Å²) in [6.45, 7) is 7.12. The fraction of sp³-hybridized carbons (Fsp3) is 0.538. The summed E-state index contributed by atoms with van der Waals surface area (Å²) in [5.74, 6) is 0. The van der Waals surface area contributed by atoms with E-state index >= 15 is 0 Å². The van der Waals surface area contributed by atoms with Gasteiger partial charge in [0.1, 0.15) is 0 Å². The Labute approximate surface area is 108 Å². The zero-order valence-electron chi connectivity index (χ0n) is 10.7. The highest BCUT2D eigenvalue weighted by molar-refractivity contribution is 7.98. The summed E-state index contributed by atoms with van der Waals surface area (Å²) in [4.78, 5) is 0. The second-order valence-electron chi connectivity index (χ2n) is 5.02. The third-order valence-electron chi connectivity index (χ3n) is 2.31. The van der Waals surface area contributed by atoms with Crippen LogP contribution in [0.5, 0.6) is 0 Å². The predicted octanol–water partition coefficient (Wildman–Crippen LogP) is 2.21. The van der Waals surface area contributed by atoms with Crippen LogP contribution in [0.2, 0.25) is 0 Å². The molecule has 1 aromatic carbocycles. The first kappa shape index (κ1) is 14.5. The highest BCUT2D eigenvalue weighted by atomic mass is 32.2. The number of rotatable bonds is 5. The highest BCUT2D eigenvalue weighted by Crippen LogP contribution is 2.24. The average Bonchev–Trinajstić information content (AvgIpc) is 2.29. The summed E-state index contributed by atoms with van der Waals surface area (Å²) >= 11 is 1.69. The zero-order valence-corrected chi connectivity index (χ0v) is 11.6. The molecule has 17 heavy (non-hydrogen) atoms. The summed E-state index contributed by atoms with van der Waals surface area (Å²) in [6, 6.07) is 8.04. The minimum atomic E-state index is 0.0811. The van der Waals surface area contributed by atoms with Gasteiger partial charge in [-0.1, -0.05) is 36.2 Å². The molecule has 0 heterocycles. The van der Waals surface area contributed by atoms with Crippen LogP contribution in [0.4, 0.5) is 0 Å². The molecular formula is C13H22N2OS. The quantitative estimate of drug-likeness (QED) is 0.705. The molecule has 0 bridgehead atoms. The Bertz CT molecular complexity index is 332. The van der Waals surface area contributed by atoms with Crippen molar-refractivity contribution in [2.24, 2.45) is 5.73 Å². The summed E-state index contributed by atoms with van der Waals surface area (Å²) < 4.78 is 3.56. The van der Waals surface area contributed by atoms with Crippen molar-refractivity contribution in [1.82, 2.24) is 4.72 Å². The highest BCUT2D eigenvalue weighted by Gasteiger charge is 2.15. The number of benzene rings is 1. The van der Waals surface area contributed by atoms with Gasteiger partial charge in [-0.25, -0.2) is 0 Å². The van der Waals surface area contributed by atoms with Gasteiger partial charge in [0.15, 0.2) is 0 Å². The fourth-order valence-corrected chi connectivity index (χ4v) is 2.08. The molecule has 1 aromatic rings. The molecule has 4 N–H and O–H groups in total. The van der Waals surface area contributed by atoms with Crippen LogP contribution in [0, 0.1) is 0 Å². The summed E-state index contributed by atoms with van der Waals surface area (Å²) in [7, 11) is 0. The Morgan fingerprint density at radius 2 is 1.88 bits per heavy atom. The van der Waals surface area contributed by atoms with Crippen molar-refractivity contribution in [3.8, 4) is 0 Å². The van der Waals surface area contributed by atoms with Crippen molar-refractivity contribution in [3.63, 3.8) is 0 Å². The first-order chi connectivity index (χ1) is 7.96. The normalized spacial score (nSPS) is 13.7. The first-order valence-corrected chi connectivity index (χ1v) is 6.61. The van der Waals surface area contributed by atoms with Crippen LogP contribution < -0.4 is 10.5 Å². The largest absolute Gasteiger partial charge is 0.392 e. The Kier molecular flexibility index (Phi) is 5.46. The molecule has 3 nitrogen and oxygen atoms in total. The van der Waals surface area contributed by atoms with Crippen LogP contribution in [0.25, 0.3) is 0 Å². The Balaban J connectivity index is 2.66. The van der Waals surface area contributed by atoms with E-state index in [1.54, 1.807) is 11.9 Å². The van der Waals surface area contributed by atoms with Crippen LogP contribution in [0.1, 0.15) is 37.9 Å². The van der Waals surface area contributed by atoms with Gasteiger partial charge < -0.3 is 10.8 Å². The number of hydrogen-bond donors (Lipinski definition) is 3. The van der Waals surface area contributed by atoms with Gasteiger partial charge >= 0.3 is 0 Å². The van der Waals surface area contributed by atoms with E-state index in [0.717, 1.165) is 11.1 Å². The molecule has 0 spiro atoms. The fourth-order valence-electron chi connectivity index (χ4n) is 1.36.